The fourth-order valence-corrected chi connectivity index (χ4v) is 8.28. The van der Waals surface area contributed by atoms with Gasteiger partial charge in [0.25, 0.3) is 10.0 Å². The van der Waals surface area contributed by atoms with E-state index in [1.807, 2.05) is 0 Å². The van der Waals surface area contributed by atoms with Crippen LogP contribution in [0.15, 0.2) is 46.8 Å². The van der Waals surface area contributed by atoms with Gasteiger partial charge in [0.05, 0.1) is 31.5 Å². The van der Waals surface area contributed by atoms with Crippen LogP contribution in [-0.4, -0.2) is 57.7 Å². The Morgan fingerprint density at radius 2 is 1.95 bits per heavy atom. The minimum atomic E-state index is -4.38. The standard InChI is InChI=1S/C27H32ClFN4O4S2/c1-36-20-7-6-19(24(14-20)37-2)17-33(26-30-10-13-38-26)39(34,35)25-15-21(28)23(16-22(25)29)31-18-27-8-3-4-11-32(27)12-5-9-27/h6-7,10,13-16,31H,3-5,8-9,11-12,17-18H2,1-2H3/t27-/m1/s1. The summed E-state index contributed by atoms with van der Waals surface area (Å²) >= 11 is 7.70. The van der Waals surface area contributed by atoms with Crippen molar-refractivity contribution in [1.82, 2.24) is 9.88 Å². The third-order valence-electron chi connectivity index (χ3n) is 7.70. The van der Waals surface area contributed by atoms with Crippen molar-refractivity contribution in [2.24, 2.45) is 0 Å². The number of aromatic nitrogens is 1. The quantitative estimate of drug-likeness (QED) is 0.319. The highest BCUT2D eigenvalue weighted by molar-refractivity contribution is 7.93. The number of halogens is 2. The topological polar surface area (TPSA) is 84.0 Å². The molecule has 210 valence electrons. The molecule has 0 radical (unpaired) electrons. The monoisotopic (exact) mass is 594 g/mol. The average Bonchev–Trinajstić information content (AvgIpc) is 3.62. The molecule has 5 rings (SSSR count). The number of sulfonamides is 1. The number of nitrogens with zero attached hydrogens (tertiary/aromatic N) is 3. The zero-order chi connectivity index (χ0) is 27.6. The number of nitrogens with one attached hydrogen (secondary N) is 1. The van der Waals surface area contributed by atoms with Gasteiger partial charge in [-0.1, -0.05) is 18.0 Å². The molecule has 1 N–H and O–H groups in total. The van der Waals surface area contributed by atoms with E-state index in [1.165, 1.54) is 45.4 Å². The summed E-state index contributed by atoms with van der Waals surface area (Å²) in [6.07, 6.45) is 7.19. The van der Waals surface area contributed by atoms with Crippen LogP contribution in [0.2, 0.25) is 5.02 Å². The van der Waals surface area contributed by atoms with Gasteiger partial charge in [-0.25, -0.2) is 22.1 Å². The lowest BCUT2D eigenvalue weighted by Gasteiger charge is -2.42. The van der Waals surface area contributed by atoms with Gasteiger partial charge >= 0.3 is 0 Å². The number of rotatable bonds is 10. The van der Waals surface area contributed by atoms with E-state index >= 15 is 4.39 Å². The second-order valence-corrected chi connectivity index (χ2v) is 13.0. The summed E-state index contributed by atoms with van der Waals surface area (Å²) < 4.78 is 55.2. The number of hydrogen-bond donors (Lipinski definition) is 1. The molecule has 0 aliphatic carbocycles. The summed E-state index contributed by atoms with van der Waals surface area (Å²) in [5.41, 5.74) is 0.995. The molecular formula is C27H32ClFN4O4S2. The van der Waals surface area contributed by atoms with E-state index in [1.54, 1.807) is 23.6 Å². The third-order valence-corrected chi connectivity index (χ3v) is 10.7. The molecule has 39 heavy (non-hydrogen) atoms. The Morgan fingerprint density at radius 1 is 1.15 bits per heavy atom. The van der Waals surface area contributed by atoms with Crippen LogP contribution in [-0.2, 0) is 16.6 Å². The Balaban J connectivity index is 1.44. The average molecular weight is 595 g/mol. The molecule has 2 aliphatic heterocycles. The predicted octanol–water partition coefficient (Wildman–Crippen LogP) is 5.78. The van der Waals surface area contributed by atoms with Crippen molar-refractivity contribution in [3.63, 3.8) is 0 Å². The summed E-state index contributed by atoms with van der Waals surface area (Å²) in [5, 5.41) is 5.33. The molecule has 2 fully saturated rings. The van der Waals surface area contributed by atoms with Gasteiger partial charge in [0.2, 0.25) is 0 Å². The molecule has 0 bridgehead atoms. The number of ether oxygens (including phenoxy) is 2. The van der Waals surface area contributed by atoms with E-state index in [9.17, 15) is 8.42 Å². The van der Waals surface area contributed by atoms with Crippen LogP contribution in [0.1, 0.15) is 37.7 Å². The fraction of sp³-hybridized carbons (Fsp3) is 0.444. The first-order valence-corrected chi connectivity index (χ1v) is 15.6. The Morgan fingerprint density at radius 3 is 2.69 bits per heavy atom. The first kappa shape index (κ1) is 27.9. The van der Waals surface area contributed by atoms with E-state index in [0.717, 1.165) is 48.0 Å². The van der Waals surface area contributed by atoms with E-state index in [4.69, 9.17) is 21.1 Å². The van der Waals surface area contributed by atoms with Gasteiger partial charge in [0, 0.05) is 35.3 Å². The maximum atomic E-state index is 15.6. The lowest BCUT2D eigenvalue weighted by Crippen LogP contribution is -2.51. The van der Waals surface area contributed by atoms with E-state index in [0.29, 0.717) is 29.3 Å². The lowest BCUT2D eigenvalue weighted by atomic mass is 9.86. The van der Waals surface area contributed by atoms with Crippen molar-refractivity contribution in [2.45, 2.75) is 49.1 Å². The molecule has 3 heterocycles. The van der Waals surface area contributed by atoms with Crippen molar-refractivity contribution in [2.75, 3.05) is 43.5 Å². The molecule has 0 spiro atoms. The van der Waals surface area contributed by atoms with Crippen LogP contribution in [0.3, 0.4) is 0 Å². The van der Waals surface area contributed by atoms with Crippen LogP contribution >= 0.6 is 22.9 Å². The highest BCUT2D eigenvalue weighted by atomic mass is 35.5. The van der Waals surface area contributed by atoms with Crippen molar-refractivity contribution < 1.29 is 22.3 Å². The number of anilines is 2. The smallest absolute Gasteiger partial charge is 0.269 e. The summed E-state index contributed by atoms with van der Waals surface area (Å²) in [5.74, 6) is 0.121. The Kier molecular flexibility index (Phi) is 8.23. The second kappa shape index (κ2) is 11.5. The zero-order valence-corrected chi connectivity index (χ0v) is 24.3. The fourth-order valence-electron chi connectivity index (χ4n) is 5.64. The molecule has 1 aromatic heterocycles. The van der Waals surface area contributed by atoms with Gasteiger partial charge < -0.3 is 14.8 Å². The van der Waals surface area contributed by atoms with Crippen molar-refractivity contribution in [3.8, 4) is 11.5 Å². The summed E-state index contributed by atoms with van der Waals surface area (Å²) in [6.45, 7) is 2.66. The van der Waals surface area contributed by atoms with Crippen molar-refractivity contribution >= 4 is 43.8 Å². The predicted molar refractivity (Wildman–Crippen MR) is 152 cm³/mol. The molecule has 2 aromatic carbocycles. The molecule has 8 nitrogen and oxygen atoms in total. The van der Waals surface area contributed by atoms with Crippen LogP contribution in [0.25, 0.3) is 0 Å². The maximum Gasteiger partial charge on any atom is 0.269 e. The summed E-state index contributed by atoms with van der Waals surface area (Å²) in [6, 6.07) is 7.45. The third kappa shape index (κ3) is 5.54. The van der Waals surface area contributed by atoms with Gasteiger partial charge in [-0.15, -0.1) is 11.3 Å². The summed E-state index contributed by atoms with van der Waals surface area (Å²) in [7, 11) is -1.36. The number of thiazole rings is 1. The molecule has 0 saturated carbocycles. The minimum absolute atomic E-state index is 0.0435. The maximum absolute atomic E-state index is 15.6. The van der Waals surface area contributed by atoms with Gasteiger partial charge in [-0.05, 0) is 63.0 Å². The number of fused-ring (bicyclic) bond motifs is 1. The normalized spacial score (nSPS) is 19.5. The number of benzene rings is 2. The molecule has 2 saturated heterocycles. The molecule has 12 heteroatoms. The highest BCUT2D eigenvalue weighted by Crippen LogP contribution is 2.39. The van der Waals surface area contributed by atoms with Gasteiger partial charge in [-0.2, -0.15) is 0 Å². The summed E-state index contributed by atoms with van der Waals surface area (Å²) in [4.78, 5) is 6.21. The van der Waals surface area contributed by atoms with Crippen LogP contribution in [0, 0.1) is 5.82 Å². The molecule has 0 unspecified atom stereocenters. The van der Waals surface area contributed by atoms with Crippen LogP contribution < -0.4 is 19.1 Å². The Hall–Kier alpha value is -2.60. The molecule has 1 atom stereocenters. The van der Waals surface area contributed by atoms with Crippen LogP contribution in [0.5, 0.6) is 11.5 Å². The van der Waals surface area contributed by atoms with E-state index < -0.39 is 20.7 Å². The van der Waals surface area contributed by atoms with E-state index in [-0.39, 0.29) is 22.2 Å². The van der Waals surface area contributed by atoms with E-state index in [2.05, 4.69) is 15.2 Å². The zero-order valence-electron chi connectivity index (χ0n) is 22.0. The van der Waals surface area contributed by atoms with Gasteiger partial charge in [-0.3, -0.25) is 4.90 Å². The van der Waals surface area contributed by atoms with Gasteiger partial charge in [0.1, 0.15) is 22.2 Å². The highest BCUT2D eigenvalue weighted by Gasteiger charge is 2.42. The molecule has 0 amide bonds. The molecule has 2 aliphatic rings. The second-order valence-electron chi connectivity index (χ2n) is 9.89. The molecular weight excluding hydrogens is 563 g/mol. The largest absolute Gasteiger partial charge is 0.497 e. The van der Waals surface area contributed by atoms with Crippen molar-refractivity contribution in [1.29, 1.82) is 0 Å². The van der Waals surface area contributed by atoms with Crippen molar-refractivity contribution in [3.05, 3.63) is 58.3 Å². The number of methoxy groups -OCH3 is 2. The Labute approximate surface area is 237 Å². The number of piperidine rings is 1. The lowest BCUT2D eigenvalue weighted by molar-refractivity contribution is 0.102. The van der Waals surface area contributed by atoms with Crippen LogP contribution in [0.4, 0.5) is 15.2 Å². The first-order chi connectivity index (χ1) is 18.8. The number of hydrogen-bond acceptors (Lipinski definition) is 8. The minimum Gasteiger partial charge on any atom is -0.497 e. The van der Waals surface area contributed by atoms with Gasteiger partial charge in [0.15, 0.2) is 5.13 Å². The Bertz CT molecular complexity index is 1420. The first-order valence-electron chi connectivity index (χ1n) is 12.9. The molecule has 3 aromatic rings. The SMILES string of the molecule is COc1ccc(CN(c2nccs2)S(=O)(=O)c2cc(Cl)c(NC[C@]34CCCCN3CCC4)cc2F)c(OC)c1.